The van der Waals surface area contributed by atoms with Crippen molar-refractivity contribution in [1.82, 2.24) is 0 Å². The Morgan fingerprint density at radius 1 is 0.405 bits per heavy atom. The largest absolute Gasteiger partial charge is 0.0646 e. The zero-order valence-electron chi connectivity index (χ0n) is 25.3. The number of hydrogen-bond donors (Lipinski definition) is 0. The quantitative estimate of drug-likeness (QED) is 0.170. The number of rotatable bonds is 2. The topological polar surface area (TPSA) is 0 Å². The van der Waals surface area contributed by atoms with Crippen LogP contribution in [0.4, 0.5) is 0 Å². The molecule has 5 aromatic rings. The minimum atomic E-state index is 0.0816. The van der Waals surface area contributed by atoms with Gasteiger partial charge in [-0.3, -0.25) is 0 Å². The van der Waals surface area contributed by atoms with Gasteiger partial charge in [0.15, 0.2) is 0 Å². The zero-order chi connectivity index (χ0) is 27.3. The van der Waals surface area contributed by atoms with Crippen LogP contribution in [0.3, 0.4) is 0 Å². The highest BCUT2D eigenvalue weighted by molar-refractivity contribution is 6.33. The lowest BCUT2D eigenvalue weighted by Crippen LogP contribution is -2.16. The molecule has 0 spiro atoms. The monoisotopic (exact) mass is 490 g/mol. The molecule has 0 atom stereocenters. The molecule has 0 aliphatic carbocycles. The minimum absolute atomic E-state index is 0.0816. The van der Waals surface area contributed by atoms with Crippen LogP contribution in [0.1, 0.15) is 112 Å². The van der Waals surface area contributed by atoms with Gasteiger partial charge in [-0.1, -0.05) is 107 Å². The highest BCUT2D eigenvalue weighted by Crippen LogP contribution is 2.46. The molecule has 0 amide bonds. The van der Waals surface area contributed by atoms with Gasteiger partial charge in [0.2, 0.25) is 0 Å². The summed E-state index contributed by atoms with van der Waals surface area (Å²) in [7, 11) is 0. The normalized spacial score (nSPS) is 14.1. The molecule has 0 N–H and O–H groups in total. The number of benzene rings is 5. The molecule has 5 aromatic carbocycles. The lowest BCUT2D eigenvalue weighted by atomic mass is 9.76. The Morgan fingerprint density at radius 3 is 0.946 bits per heavy atom. The van der Waals surface area contributed by atoms with Gasteiger partial charge in [-0.15, -0.1) is 0 Å². The van der Waals surface area contributed by atoms with Gasteiger partial charge in [0.25, 0.3) is 0 Å². The summed E-state index contributed by atoms with van der Waals surface area (Å²) in [6, 6.07) is 19.9. The van der Waals surface area contributed by atoms with Crippen LogP contribution in [0.5, 0.6) is 0 Å². The first-order valence-corrected chi connectivity index (χ1v) is 14.2. The first kappa shape index (κ1) is 26.0. The van der Waals surface area contributed by atoms with Gasteiger partial charge < -0.3 is 0 Å². The van der Waals surface area contributed by atoms with Crippen molar-refractivity contribution in [2.24, 2.45) is 0 Å². The molecule has 0 aromatic heterocycles. The first-order chi connectivity index (χ1) is 16.9. The van der Waals surface area contributed by atoms with Crippen LogP contribution < -0.4 is 0 Å². The van der Waals surface area contributed by atoms with E-state index in [9.17, 15) is 0 Å². The average Bonchev–Trinajstić information content (AvgIpc) is 2.79. The molecule has 0 aliphatic heterocycles. The third-order valence-electron chi connectivity index (χ3n) is 8.94. The van der Waals surface area contributed by atoms with E-state index in [1.165, 1.54) is 65.3 Å². The Balaban J connectivity index is 2.13. The van der Waals surface area contributed by atoms with Crippen LogP contribution in [0.2, 0.25) is 0 Å². The first-order valence-electron chi connectivity index (χ1n) is 14.2. The van der Waals surface area contributed by atoms with E-state index in [0.29, 0.717) is 0 Å². The predicted octanol–water partition coefficient (Wildman–Crippen LogP) is 11.3. The van der Waals surface area contributed by atoms with Crippen LogP contribution in [0.15, 0.2) is 48.5 Å². The molecule has 0 radical (unpaired) electrons. The molecule has 0 heteroatoms. The molecule has 0 aliphatic rings. The van der Waals surface area contributed by atoms with E-state index in [1.807, 2.05) is 0 Å². The maximum absolute atomic E-state index is 2.52. The SMILES string of the molecule is CCC(C)(C)c1cc2cc(C(C)(C)C)cc3c4cc(C(C)(C)C)cc5cc(C(C)(C)C)cc(c(c1)c23)c54. The van der Waals surface area contributed by atoms with E-state index in [2.05, 4.69) is 132 Å². The van der Waals surface area contributed by atoms with Gasteiger partial charge in [0.1, 0.15) is 0 Å². The number of fused-ring (bicyclic) bond motifs is 2. The standard InChI is InChI=1S/C37H46/c1-13-37(11,12)27-17-23-16-26(36(8,9)10)19-29-28-18-24(34(2,3)4)14-22-15-25(35(5,6)7)20-30(32(22)28)31(21-27)33(23)29/h14-21H,13H2,1-12H3. The van der Waals surface area contributed by atoms with E-state index < -0.39 is 0 Å². The van der Waals surface area contributed by atoms with E-state index >= 15 is 0 Å². The van der Waals surface area contributed by atoms with Gasteiger partial charge in [0.05, 0.1) is 0 Å². The minimum Gasteiger partial charge on any atom is -0.0646 e. The Morgan fingerprint density at radius 2 is 0.676 bits per heavy atom. The van der Waals surface area contributed by atoms with E-state index in [-0.39, 0.29) is 21.7 Å². The molecule has 0 fully saturated rings. The van der Waals surface area contributed by atoms with Crippen LogP contribution in [0, 0.1) is 0 Å². The summed E-state index contributed by atoms with van der Waals surface area (Å²) in [6.45, 7) is 28.2. The van der Waals surface area contributed by atoms with E-state index in [0.717, 1.165) is 6.42 Å². The fourth-order valence-electron chi connectivity index (χ4n) is 5.78. The molecule has 194 valence electrons. The van der Waals surface area contributed by atoms with E-state index in [1.54, 1.807) is 0 Å². The lowest BCUT2D eigenvalue weighted by Gasteiger charge is -2.28. The summed E-state index contributed by atoms with van der Waals surface area (Å²) in [5.41, 5.74) is 6.05. The molecule has 5 rings (SSSR count). The summed E-state index contributed by atoms with van der Waals surface area (Å²) >= 11 is 0. The second-order valence-electron chi connectivity index (χ2n) is 15.3. The van der Waals surface area contributed by atoms with E-state index in [4.69, 9.17) is 0 Å². The molecule has 0 heterocycles. The van der Waals surface area contributed by atoms with Crippen molar-refractivity contribution in [2.45, 2.75) is 111 Å². The zero-order valence-corrected chi connectivity index (χ0v) is 25.3. The average molecular weight is 491 g/mol. The van der Waals surface area contributed by atoms with Gasteiger partial charge in [-0.05, 0) is 118 Å². The molecule has 0 nitrogen and oxygen atoms in total. The Hall–Kier alpha value is -2.60. The summed E-state index contributed by atoms with van der Waals surface area (Å²) in [4.78, 5) is 0. The van der Waals surface area contributed by atoms with Crippen LogP contribution in [-0.2, 0) is 21.7 Å². The van der Waals surface area contributed by atoms with Gasteiger partial charge in [-0.25, -0.2) is 0 Å². The summed E-state index contributed by atoms with van der Waals surface area (Å²) < 4.78 is 0. The van der Waals surface area contributed by atoms with Crippen LogP contribution in [0.25, 0.3) is 43.1 Å². The molecule has 0 saturated heterocycles. The van der Waals surface area contributed by atoms with Crippen molar-refractivity contribution in [3.63, 3.8) is 0 Å². The Kier molecular flexibility index (Phi) is 5.59. The maximum atomic E-state index is 2.52. The highest BCUT2D eigenvalue weighted by atomic mass is 14.3. The molecular formula is C37H46. The highest BCUT2D eigenvalue weighted by Gasteiger charge is 2.26. The molecule has 0 saturated carbocycles. The fraction of sp³-hybridized carbons (Fsp3) is 0.459. The van der Waals surface area contributed by atoms with Crippen molar-refractivity contribution >= 4 is 43.1 Å². The van der Waals surface area contributed by atoms with Crippen LogP contribution >= 0.6 is 0 Å². The van der Waals surface area contributed by atoms with Gasteiger partial charge in [0, 0.05) is 0 Å². The Bertz CT molecular complexity index is 1650. The van der Waals surface area contributed by atoms with Crippen molar-refractivity contribution in [2.75, 3.05) is 0 Å². The van der Waals surface area contributed by atoms with Gasteiger partial charge >= 0.3 is 0 Å². The summed E-state index contributed by atoms with van der Waals surface area (Å²) in [6.07, 6.45) is 1.12. The Labute approximate surface area is 224 Å². The number of hydrogen-bond acceptors (Lipinski definition) is 0. The molecule has 0 unspecified atom stereocenters. The van der Waals surface area contributed by atoms with Crippen molar-refractivity contribution in [3.05, 3.63) is 70.8 Å². The van der Waals surface area contributed by atoms with Crippen molar-refractivity contribution < 1.29 is 0 Å². The second kappa shape index (κ2) is 7.95. The predicted molar refractivity (Wildman–Crippen MR) is 167 cm³/mol. The third-order valence-corrected chi connectivity index (χ3v) is 8.94. The third kappa shape index (κ3) is 4.21. The fourth-order valence-corrected chi connectivity index (χ4v) is 5.78. The maximum Gasteiger partial charge on any atom is -0.00260 e. The van der Waals surface area contributed by atoms with Crippen molar-refractivity contribution in [3.8, 4) is 0 Å². The molecular weight excluding hydrogens is 444 g/mol. The molecule has 0 bridgehead atoms. The summed E-state index contributed by atoms with van der Waals surface area (Å²) in [5, 5.41) is 11.3. The lowest BCUT2D eigenvalue weighted by molar-refractivity contribution is 0.507. The molecule has 37 heavy (non-hydrogen) atoms. The van der Waals surface area contributed by atoms with Gasteiger partial charge in [-0.2, -0.15) is 0 Å². The smallest absolute Gasteiger partial charge is 0.00260 e. The van der Waals surface area contributed by atoms with Crippen molar-refractivity contribution in [1.29, 1.82) is 0 Å². The van der Waals surface area contributed by atoms with Crippen LogP contribution in [-0.4, -0.2) is 0 Å². The second-order valence-corrected chi connectivity index (χ2v) is 15.3. The summed E-state index contributed by atoms with van der Waals surface area (Å²) in [5.74, 6) is 0.